The summed E-state index contributed by atoms with van der Waals surface area (Å²) in [5, 5.41) is 21.7. The summed E-state index contributed by atoms with van der Waals surface area (Å²) >= 11 is 0. The summed E-state index contributed by atoms with van der Waals surface area (Å²) in [7, 11) is 3.36. The third-order valence-corrected chi connectivity index (χ3v) is 8.33. The van der Waals surface area contributed by atoms with E-state index in [-0.39, 0.29) is 22.3 Å². The van der Waals surface area contributed by atoms with Gasteiger partial charge in [0, 0.05) is 44.0 Å². The molecule has 5 aromatic rings. The average Bonchev–Trinajstić information content (AvgIpc) is 3.39. The van der Waals surface area contributed by atoms with Crippen molar-refractivity contribution in [3.63, 3.8) is 0 Å². The third kappa shape index (κ3) is 6.22. The van der Waals surface area contributed by atoms with Crippen molar-refractivity contribution in [3.05, 3.63) is 98.1 Å². The lowest BCUT2D eigenvalue weighted by molar-refractivity contribution is 0.112. The topological polar surface area (TPSA) is 131 Å². The number of carbonyl (C=O) groups is 1. The van der Waals surface area contributed by atoms with Crippen molar-refractivity contribution >= 4 is 28.6 Å². The predicted molar refractivity (Wildman–Crippen MR) is 180 cm³/mol. The molecule has 11 nitrogen and oxygen atoms in total. The predicted octanol–water partition coefficient (Wildman–Crippen LogP) is 5.21. The number of pyridine rings is 1. The Labute approximate surface area is 271 Å². The fraction of sp³-hybridized carbons (Fsp3) is 0.314. The number of rotatable bonds is 8. The maximum absolute atomic E-state index is 15.4. The maximum Gasteiger partial charge on any atom is 0.290 e. The number of likely N-dealkylation sites (tertiary alicyclic amines) is 1. The summed E-state index contributed by atoms with van der Waals surface area (Å²) in [6.07, 6.45) is 3.26. The SMILES string of the molecule is CC.Cn1nc(Nc2cc(-c3cccc(-n4ccc5cc(C(C)(C)C#N)cc(F)c5c4=O)c3C=O)nn(C)c2=O)cc1CN1CCC1. The molecule has 1 fully saturated rings. The highest BCUT2D eigenvalue weighted by Gasteiger charge is 2.24. The number of benzene rings is 2. The number of aryl methyl sites for hydroxylation is 2. The number of nitrogens with one attached hydrogen (secondary N) is 1. The lowest BCUT2D eigenvalue weighted by atomic mass is 9.85. The number of fused-ring (bicyclic) bond motifs is 1. The van der Waals surface area contributed by atoms with Gasteiger partial charge in [-0.1, -0.05) is 26.0 Å². The first-order chi connectivity index (χ1) is 22.5. The van der Waals surface area contributed by atoms with Crippen LogP contribution in [0, 0.1) is 17.1 Å². The van der Waals surface area contributed by atoms with Crippen LogP contribution in [0.15, 0.2) is 64.3 Å². The van der Waals surface area contributed by atoms with E-state index in [2.05, 4.69) is 26.5 Å². The van der Waals surface area contributed by atoms with Crippen molar-refractivity contribution in [2.45, 2.75) is 46.1 Å². The summed E-state index contributed by atoms with van der Waals surface area (Å²) in [6, 6.07) is 14.9. The molecule has 0 radical (unpaired) electrons. The number of halogens is 1. The van der Waals surface area contributed by atoms with Crippen LogP contribution in [0.25, 0.3) is 27.7 Å². The normalized spacial score (nSPS) is 13.0. The van der Waals surface area contributed by atoms with Crippen LogP contribution in [0.5, 0.6) is 0 Å². The molecule has 1 aliphatic rings. The molecule has 1 aliphatic heterocycles. The van der Waals surface area contributed by atoms with E-state index in [0.717, 1.165) is 25.3 Å². The molecule has 0 spiro atoms. The Morgan fingerprint density at radius 1 is 1.02 bits per heavy atom. The highest BCUT2D eigenvalue weighted by Crippen LogP contribution is 2.30. The molecule has 2 aromatic carbocycles. The van der Waals surface area contributed by atoms with E-state index in [0.29, 0.717) is 34.3 Å². The number of carbonyl (C=O) groups excluding carboxylic acids is 1. The quantitative estimate of drug-likeness (QED) is 0.230. The van der Waals surface area contributed by atoms with E-state index in [1.54, 1.807) is 54.9 Å². The summed E-state index contributed by atoms with van der Waals surface area (Å²) < 4.78 is 19.5. The Morgan fingerprint density at radius 3 is 2.43 bits per heavy atom. The third-order valence-electron chi connectivity index (χ3n) is 8.33. The Bertz CT molecular complexity index is 2150. The van der Waals surface area contributed by atoms with Crippen LogP contribution in [0.2, 0.25) is 0 Å². The molecule has 0 saturated carbocycles. The van der Waals surface area contributed by atoms with Crippen molar-refractivity contribution < 1.29 is 9.18 Å². The fourth-order valence-electron chi connectivity index (χ4n) is 5.51. The molecule has 1 N–H and O–H groups in total. The van der Waals surface area contributed by atoms with Gasteiger partial charge >= 0.3 is 0 Å². The molecule has 0 amide bonds. The van der Waals surface area contributed by atoms with Gasteiger partial charge in [0.15, 0.2) is 12.1 Å². The van der Waals surface area contributed by atoms with E-state index < -0.39 is 22.4 Å². The number of hydrogen-bond acceptors (Lipinski definition) is 8. The molecule has 6 rings (SSSR count). The minimum absolute atomic E-state index is 0.133. The van der Waals surface area contributed by atoms with Crippen molar-refractivity contribution in [1.82, 2.24) is 29.0 Å². The van der Waals surface area contributed by atoms with E-state index in [1.165, 1.54) is 35.0 Å². The monoisotopic (exact) mass is 636 g/mol. The van der Waals surface area contributed by atoms with Crippen LogP contribution < -0.4 is 16.4 Å². The van der Waals surface area contributed by atoms with Gasteiger partial charge in [-0.2, -0.15) is 15.5 Å². The van der Waals surface area contributed by atoms with Gasteiger partial charge < -0.3 is 5.32 Å². The Balaban J connectivity index is 0.00000213. The summed E-state index contributed by atoms with van der Waals surface area (Å²) in [5.74, 6) is -0.260. The van der Waals surface area contributed by atoms with E-state index in [4.69, 9.17) is 0 Å². The molecule has 242 valence electrons. The van der Waals surface area contributed by atoms with Gasteiger partial charge in [0.25, 0.3) is 11.1 Å². The molecule has 0 atom stereocenters. The zero-order valence-corrected chi connectivity index (χ0v) is 27.3. The van der Waals surface area contributed by atoms with Gasteiger partial charge in [0.1, 0.15) is 11.5 Å². The molecule has 4 heterocycles. The van der Waals surface area contributed by atoms with Gasteiger partial charge in [0.05, 0.1) is 33.9 Å². The van der Waals surface area contributed by atoms with Crippen molar-refractivity contribution in [3.8, 4) is 23.0 Å². The summed E-state index contributed by atoms with van der Waals surface area (Å²) in [6.45, 7) is 10.2. The lowest BCUT2D eigenvalue weighted by Gasteiger charge is -2.30. The average molecular weight is 637 g/mol. The Kier molecular flexibility index (Phi) is 9.21. The fourth-order valence-corrected chi connectivity index (χ4v) is 5.51. The second kappa shape index (κ2) is 13.1. The molecular weight excluding hydrogens is 599 g/mol. The summed E-state index contributed by atoms with van der Waals surface area (Å²) in [4.78, 5) is 41.6. The summed E-state index contributed by atoms with van der Waals surface area (Å²) in [5.41, 5.74) is 0.694. The minimum Gasteiger partial charge on any atom is -0.334 e. The first-order valence-electron chi connectivity index (χ1n) is 15.5. The molecule has 0 aliphatic carbocycles. The van der Waals surface area contributed by atoms with Crippen LogP contribution in [-0.2, 0) is 26.1 Å². The lowest BCUT2D eigenvalue weighted by Crippen LogP contribution is -2.36. The van der Waals surface area contributed by atoms with Crippen molar-refractivity contribution in [2.24, 2.45) is 14.1 Å². The second-order valence-electron chi connectivity index (χ2n) is 11.8. The number of anilines is 2. The number of aldehydes is 1. The number of hydrogen-bond donors (Lipinski definition) is 1. The number of nitrogens with zero attached hydrogens (tertiary/aromatic N) is 7. The van der Waals surface area contributed by atoms with Gasteiger partial charge in [-0.25, -0.2) is 9.07 Å². The molecular formula is C35H37FN8O3. The zero-order chi connectivity index (χ0) is 34.0. The molecule has 3 aromatic heterocycles. The van der Waals surface area contributed by atoms with E-state index >= 15 is 4.39 Å². The maximum atomic E-state index is 15.4. The van der Waals surface area contributed by atoms with Crippen LogP contribution >= 0.6 is 0 Å². The van der Waals surface area contributed by atoms with E-state index in [1.807, 2.05) is 27.0 Å². The zero-order valence-electron chi connectivity index (χ0n) is 27.3. The first kappa shape index (κ1) is 33.0. The highest BCUT2D eigenvalue weighted by atomic mass is 19.1. The number of nitriles is 1. The van der Waals surface area contributed by atoms with Gasteiger partial charge in [-0.15, -0.1) is 0 Å². The number of aromatic nitrogens is 5. The van der Waals surface area contributed by atoms with Crippen LogP contribution in [-0.4, -0.2) is 48.4 Å². The Hall–Kier alpha value is -5.41. The Morgan fingerprint density at radius 2 is 1.77 bits per heavy atom. The highest BCUT2D eigenvalue weighted by molar-refractivity contribution is 5.92. The van der Waals surface area contributed by atoms with Crippen LogP contribution in [0.4, 0.5) is 15.9 Å². The van der Waals surface area contributed by atoms with Crippen molar-refractivity contribution in [2.75, 3.05) is 18.4 Å². The van der Waals surface area contributed by atoms with Crippen molar-refractivity contribution in [1.29, 1.82) is 5.26 Å². The molecule has 47 heavy (non-hydrogen) atoms. The van der Waals surface area contributed by atoms with E-state index in [9.17, 15) is 19.6 Å². The smallest absolute Gasteiger partial charge is 0.290 e. The molecule has 1 saturated heterocycles. The van der Waals surface area contributed by atoms with Crippen LogP contribution in [0.3, 0.4) is 0 Å². The second-order valence-corrected chi connectivity index (χ2v) is 11.8. The van der Waals surface area contributed by atoms with Gasteiger partial charge in [0.2, 0.25) is 0 Å². The minimum atomic E-state index is -0.952. The van der Waals surface area contributed by atoms with Crippen LogP contribution in [0.1, 0.15) is 55.7 Å². The molecule has 0 bridgehead atoms. The standard InChI is InChI=1S/C33H31FN8O3.C2H6/c1-33(2,19-35)21-13-20-9-12-42(32(45)30(20)25(34)14-21)28-8-5-7-23(24(28)18-43)26-16-27(31(44)40(4)37-26)36-29-15-22(39(3)38-29)17-41-10-6-11-41;1-2/h5,7-9,12-16,18H,6,10-11,17H2,1-4H3,(H,36,38);1-2H3. The van der Waals surface area contributed by atoms with Gasteiger partial charge in [-0.3, -0.25) is 28.5 Å². The molecule has 12 heteroatoms. The first-order valence-corrected chi connectivity index (χ1v) is 15.5. The largest absolute Gasteiger partial charge is 0.334 e. The molecule has 0 unspecified atom stereocenters. The van der Waals surface area contributed by atoms with Gasteiger partial charge in [-0.05, 0) is 74.6 Å².